The van der Waals surface area contributed by atoms with E-state index >= 15 is 0 Å². The Bertz CT molecular complexity index is 1280. The number of aryl methyl sites for hydroxylation is 1. The molecule has 8 nitrogen and oxygen atoms in total. The lowest BCUT2D eigenvalue weighted by Gasteiger charge is -2.14. The molecule has 0 saturated carbocycles. The van der Waals surface area contributed by atoms with Crippen molar-refractivity contribution in [3.63, 3.8) is 0 Å². The van der Waals surface area contributed by atoms with Crippen LogP contribution in [0.1, 0.15) is 57.6 Å². The number of furan rings is 1. The number of fused-ring (bicyclic) bond motifs is 1. The van der Waals surface area contributed by atoms with Crippen LogP contribution in [0.25, 0.3) is 0 Å². The van der Waals surface area contributed by atoms with Gasteiger partial charge in [0.25, 0.3) is 5.91 Å². The summed E-state index contributed by atoms with van der Waals surface area (Å²) < 4.78 is 11.1. The van der Waals surface area contributed by atoms with Crippen molar-refractivity contribution >= 4 is 46.3 Å². The molecule has 0 aliphatic heterocycles. The maximum Gasteiger partial charge on any atom is 0.340 e. The number of hydrogen-bond donors (Lipinski definition) is 3. The monoisotopic (exact) mass is 490 g/mol. The lowest BCUT2D eigenvalue weighted by molar-refractivity contribution is 0.0527. The fourth-order valence-corrected chi connectivity index (χ4v) is 4.12. The van der Waals surface area contributed by atoms with Gasteiger partial charge in [-0.2, -0.15) is 5.10 Å². The minimum Gasteiger partial charge on any atom is -0.462 e. The van der Waals surface area contributed by atoms with Gasteiger partial charge >= 0.3 is 5.97 Å². The number of nitrogens with zero attached hydrogens (tertiary/aromatic N) is 1. The van der Waals surface area contributed by atoms with Gasteiger partial charge in [0, 0.05) is 23.2 Å². The molecule has 1 amide bonds. The zero-order valence-corrected chi connectivity index (χ0v) is 20.3. The molecule has 0 saturated heterocycles. The van der Waals surface area contributed by atoms with Crippen LogP contribution in [0.2, 0.25) is 0 Å². The number of nitrogens with one attached hydrogen (secondary N) is 3. The predicted molar refractivity (Wildman–Crippen MR) is 139 cm³/mol. The second-order valence-corrected chi connectivity index (χ2v) is 8.33. The highest BCUT2D eigenvalue weighted by molar-refractivity contribution is 7.80. The van der Waals surface area contributed by atoms with Crippen molar-refractivity contribution in [1.29, 1.82) is 0 Å². The molecule has 180 valence electrons. The van der Waals surface area contributed by atoms with E-state index in [-0.39, 0.29) is 17.9 Å². The van der Waals surface area contributed by atoms with Gasteiger partial charge in [0.15, 0.2) is 10.9 Å². The Balaban J connectivity index is 1.53. The Morgan fingerprint density at radius 1 is 1.06 bits per heavy atom. The van der Waals surface area contributed by atoms with Gasteiger partial charge in [0.05, 0.1) is 23.6 Å². The smallest absolute Gasteiger partial charge is 0.340 e. The van der Waals surface area contributed by atoms with E-state index in [1.165, 1.54) is 0 Å². The first-order valence-corrected chi connectivity index (χ1v) is 11.8. The number of hydrogen-bond acceptors (Lipinski definition) is 6. The van der Waals surface area contributed by atoms with Gasteiger partial charge in [-0.05, 0) is 63.2 Å². The number of esters is 1. The normalized spacial score (nSPS) is 13.6. The zero-order valence-electron chi connectivity index (χ0n) is 19.5. The summed E-state index contributed by atoms with van der Waals surface area (Å²) in [5, 5.41) is 10.7. The average Bonchev–Trinajstić information content (AvgIpc) is 3.21. The summed E-state index contributed by atoms with van der Waals surface area (Å²) >= 11 is 5.35. The van der Waals surface area contributed by atoms with Crippen molar-refractivity contribution in [2.45, 2.75) is 33.1 Å². The van der Waals surface area contributed by atoms with E-state index < -0.39 is 11.9 Å². The van der Waals surface area contributed by atoms with Crippen molar-refractivity contribution in [1.82, 2.24) is 5.43 Å². The van der Waals surface area contributed by atoms with Crippen LogP contribution in [-0.2, 0) is 11.2 Å². The molecule has 0 fully saturated rings. The number of carbonyl (C=O) groups is 2. The number of hydrazone groups is 1. The van der Waals surface area contributed by atoms with E-state index in [4.69, 9.17) is 21.4 Å². The standard InChI is InChI=1S/C26H26N4O4S/c1-3-33-25(32)18-12-7-8-13-19(18)28-24(31)23-16(2)22-20(14-9-15-21(22)34-23)29-30-26(35)27-17-10-5-4-6-11-17/h4-8,10-13H,3,9,14-15H2,1-2H3,(H,28,31)(H2,27,30,35)/b29-20+. The zero-order chi connectivity index (χ0) is 24.8. The molecule has 3 aromatic rings. The van der Waals surface area contributed by atoms with Crippen molar-refractivity contribution in [2.24, 2.45) is 5.10 Å². The molecule has 0 bridgehead atoms. The van der Waals surface area contributed by atoms with Gasteiger partial charge in [0.1, 0.15) is 5.76 Å². The molecule has 2 aromatic carbocycles. The van der Waals surface area contributed by atoms with Crippen LogP contribution < -0.4 is 16.1 Å². The molecule has 1 aliphatic carbocycles. The number of ether oxygens (including phenoxy) is 1. The number of benzene rings is 2. The number of amides is 1. The summed E-state index contributed by atoms with van der Waals surface area (Å²) in [6.07, 6.45) is 2.27. The van der Waals surface area contributed by atoms with Gasteiger partial charge in [-0.3, -0.25) is 10.2 Å². The first-order chi connectivity index (χ1) is 17.0. The minimum atomic E-state index is -0.501. The Labute approximate surface area is 208 Å². The van der Waals surface area contributed by atoms with Crippen LogP contribution in [0, 0.1) is 6.92 Å². The highest BCUT2D eigenvalue weighted by atomic mass is 32.1. The number of para-hydroxylation sites is 2. The van der Waals surface area contributed by atoms with E-state index in [0.29, 0.717) is 28.5 Å². The number of thiocarbonyl (C=S) groups is 1. The van der Waals surface area contributed by atoms with Crippen molar-refractivity contribution in [2.75, 3.05) is 17.2 Å². The lowest BCUT2D eigenvalue weighted by Crippen LogP contribution is -2.26. The first kappa shape index (κ1) is 24.2. The highest BCUT2D eigenvalue weighted by Gasteiger charge is 2.28. The maximum atomic E-state index is 13.1. The Morgan fingerprint density at radius 3 is 2.57 bits per heavy atom. The maximum absolute atomic E-state index is 13.1. The van der Waals surface area contributed by atoms with Crippen molar-refractivity contribution < 1.29 is 18.7 Å². The topological polar surface area (TPSA) is 105 Å². The van der Waals surface area contributed by atoms with E-state index in [9.17, 15) is 9.59 Å². The van der Waals surface area contributed by atoms with Crippen LogP contribution in [0.5, 0.6) is 0 Å². The largest absolute Gasteiger partial charge is 0.462 e. The molecule has 4 rings (SSSR count). The van der Waals surface area contributed by atoms with E-state index in [1.54, 1.807) is 31.2 Å². The SMILES string of the molecule is CCOC(=O)c1ccccc1NC(=O)c1oc2c(c1C)/C(=N/NC(=S)Nc1ccccc1)CCC2. The second kappa shape index (κ2) is 11.0. The lowest BCUT2D eigenvalue weighted by atomic mass is 9.93. The fourth-order valence-electron chi connectivity index (χ4n) is 3.95. The van der Waals surface area contributed by atoms with Crippen molar-refractivity contribution in [3.05, 3.63) is 82.8 Å². The molecular weight excluding hydrogens is 464 g/mol. The summed E-state index contributed by atoms with van der Waals surface area (Å²) in [6.45, 7) is 3.80. The van der Waals surface area contributed by atoms with Gasteiger partial charge in [-0.25, -0.2) is 4.79 Å². The summed E-state index contributed by atoms with van der Waals surface area (Å²) in [5.41, 5.74) is 6.67. The van der Waals surface area contributed by atoms with Gasteiger partial charge in [0.2, 0.25) is 0 Å². The average molecular weight is 491 g/mol. The first-order valence-electron chi connectivity index (χ1n) is 11.4. The summed E-state index contributed by atoms with van der Waals surface area (Å²) in [5.74, 6) is -0.0463. The molecule has 0 spiro atoms. The molecule has 0 unspecified atom stereocenters. The second-order valence-electron chi connectivity index (χ2n) is 7.92. The molecule has 0 radical (unpaired) electrons. The minimum absolute atomic E-state index is 0.188. The number of rotatable bonds is 6. The van der Waals surface area contributed by atoms with Gasteiger partial charge in [-0.15, -0.1) is 0 Å². The fraction of sp³-hybridized carbons (Fsp3) is 0.231. The van der Waals surface area contributed by atoms with E-state index in [2.05, 4.69) is 21.2 Å². The molecule has 1 heterocycles. The van der Waals surface area contributed by atoms with Crippen LogP contribution in [0.15, 0.2) is 64.1 Å². The van der Waals surface area contributed by atoms with Crippen LogP contribution >= 0.6 is 12.2 Å². The van der Waals surface area contributed by atoms with Crippen LogP contribution in [0.4, 0.5) is 11.4 Å². The molecular formula is C26H26N4O4S. The Hall–Kier alpha value is -3.98. The van der Waals surface area contributed by atoms with Crippen molar-refractivity contribution in [3.8, 4) is 0 Å². The molecule has 1 aromatic heterocycles. The third-order valence-corrected chi connectivity index (χ3v) is 5.72. The molecule has 1 aliphatic rings. The summed E-state index contributed by atoms with van der Waals surface area (Å²) in [4.78, 5) is 25.4. The third kappa shape index (κ3) is 5.58. The summed E-state index contributed by atoms with van der Waals surface area (Å²) in [6, 6.07) is 16.3. The Morgan fingerprint density at radius 2 is 1.80 bits per heavy atom. The Kier molecular flexibility index (Phi) is 7.57. The van der Waals surface area contributed by atoms with Crippen LogP contribution in [0.3, 0.4) is 0 Å². The van der Waals surface area contributed by atoms with Gasteiger partial charge < -0.3 is 19.8 Å². The quantitative estimate of drug-likeness (QED) is 0.252. The van der Waals surface area contributed by atoms with E-state index in [0.717, 1.165) is 29.8 Å². The molecule has 0 atom stereocenters. The predicted octanol–water partition coefficient (Wildman–Crippen LogP) is 5.04. The van der Waals surface area contributed by atoms with Crippen LogP contribution in [-0.4, -0.2) is 29.3 Å². The highest BCUT2D eigenvalue weighted by Crippen LogP contribution is 2.30. The van der Waals surface area contributed by atoms with Gasteiger partial charge in [-0.1, -0.05) is 30.3 Å². The number of carbonyl (C=O) groups excluding carboxylic acids is 2. The molecule has 3 N–H and O–H groups in total. The molecule has 9 heteroatoms. The molecule has 35 heavy (non-hydrogen) atoms. The third-order valence-electron chi connectivity index (χ3n) is 5.53. The number of anilines is 2. The van der Waals surface area contributed by atoms with E-state index in [1.807, 2.05) is 37.3 Å². The summed E-state index contributed by atoms with van der Waals surface area (Å²) in [7, 11) is 0.